The van der Waals surface area contributed by atoms with Crippen molar-refractivity contribution in [3.63, 3.8) is 0 Å². The van der Waals surface area contributed by atoms with Gasteiger partial charge < -0.3 is 33.5 Å². The van der Waals surface area contributed by atoms with Crippen LogP contribution < -0.4 is 18.9 Å². The molecule has 2 aliphatic rings. The molecular weight excluding hydrogens is 785 g/mol. The van der Waals surface area contributed by atoms with Crippen molar-refractivity contribution in [2.24, 2.45) is 0 Å². The molecule has 0 radical (unpaired) electrons. The zero-order chi connectivity index (χ0) is 43.5. The van der Waals surface area contributed by atoms with E-state index in [0.717, 1.165) is 130 Å². The lowest BCUT2D eigenvalue weighted by Crippen LogP contribution is -2.25. The van der Waals surface area contributed by atoms with Crippen LogP contribution in [-0.4, -0.2) is 63.1 Å². The molecule has 7 heteroatoms. The number of rotatable bonds is 14. The summed E-state index contributed by atoms with van der Waals surface area (Å²) < 4.78 is 36.5. The topological polar surface area (TPSA) is 82.2 Å². The van der Waals surface area contributed by atoms with Crippen molar-refractivity contribution in [1.29, 1.82) is 0 Å². The van der Waals surface area contributed by atoms with Crippen molar-refractivity contribution in [2.45, 2.75) is 66.8 Å². The molecule has 320 valence electrons. The summed E-state index contributed by atoms with van der Waals surface area (Å²) in [5, 5.41) is 20.6. The van der Waals surface area contributed by atoms with Gasteiger partial charge in [0.2, 0.25) is 0 Å². The number of aliphatic hydroxyl groups excluding tert-OH is 1. The van der Waals surface area contributed by atoms with Crippen LogP contribution in [0.3, 0.4) is 0 Å². The lowest BCUT2D eigenvalue weighted by Gasteiger charge is -2.21. The summed E-state index contributed by atoms with van der Waals surface area (Å²) in [4.78, 5) is 0. The predicted molar refractivity (Wildman–Crippen MR) is 254 cm³/mol. The molecule has 2 fully saturated rings. The second-order valence-corrected chi connectivity index (χ2v) is 17.6. The number of epoxide rings is 2. The number of benzene rings is 8. The summed E-state index contributed by atoms with van der Waals surface area (Å²) in [7, 11) is 0. The van der Waals surface area contributed by atoms with Gasteiger partial charge in [-0.3, -0.25) is 0 Å². The highest BCUT2D eigenvalue weighted by Gasteiger charge is 2.26. The maximum absolute atomic E-state index is 11.5. The monoisotopic (exact) mass is 838 g/mol. The quantitative estimate of drug-likeness (QED) is 0.109. The fourth-order valence-electron chi connectivity index (χ4n) is 9.70. The van der Waals surface area contributed by atoms with E-state index in [1.54, 1.807) is 0 Å². The van der Waals surface area contributed by atoms with Gasteiger partial charge in [-0.05, 0) is 183 Å². The van der Waals surface area contributed by atoms with Gasteiger partial charge in [0, 0.05) is 0 Å². The normalized spacial score (nSPS) is 16.2. The fourth-order valence-corrected chi connectivity index (χ4v) is 9.70. The van der Waals surface area contributed by atoms with Crippen molar-refractivity contribution in [3.8, 4) is 45.3 Å². The minimum Gasteiger partial charge on any atom is -0.490 e. The minimum absolute atomic E-state index is 0.0804. The van der Waals surface area contributed by atoms with Crippen LogP contribution >= 0.6 is 0 Å². The van der Waals surface area contributed by atoms with Gasteiger partial charge in [0.05, 0.1) is 13.2 Å². The van der Waals surface area contributed by atoms with Crippen LogP contribution in [0.15, 0.2) is 103 Å². The lowest BCUT2D eigenvalue weighted by molar-refractivity contribution is 0.0618. The van der Waals surface area contributed by atoms with Crippen LogP contribution in [0.4, 0.5) is 0 Å². The molecule has 3 unspecified atom stereocenters. The first-order chi connectivity index (χ1) is 30.5. The van der Waals surface area contributed by atoms with E-state index in [1.165, 1.54) is 10.8 Å². The molecule has 0 aromatic heterocycles. The Morgan fingerprint density at radius 2 is 0.857 bits per heavy atom. The molecule has 1 N–H and O–H groups in total. The van der Waals surface area contributed by atoms with Crippen molar-refractivity contribution < 1.29 is 33.5 Å². The van der Waals surface area contributed by atoms with Gasteiger partial charge in [0.1, 0.15) is 67.7 Å². The molecule has 0 saturated carbocycles. The number of hydrogen-bond donors (Lipinski definition) is 1. The van der Waals surface area contributed by atoms with E-state index in [4.69, 9.17) is 28.4 Å². The summed E-state index contributed by atoms with van der Waals surface area (Å²) in [6, 6.07) is 36.9. The molecule has 0 amide bonds. The highest BCUT2D eigenvalue weighted by Crippen LogP contribution is 2.44. The Kier molecular flexibility index (Phi) is 10.7. The molecule has 8 aromatic rings. The summed E-state index contributed by atoms with van der Waals surface area (Å²) in [5.41, 5.74) is 12.0. The van der Waals surface area contributed by atoms with E-state index in [-0.39, 0.29) is 25.4 Å². The van der Waals surface area contributed by atoms with Crippen LogP contribution in [0.25, 0.3) is 65.3 Å². The first-order valence-electron chi connectivity index (χ1n) is 22.1. The van der Waals surface area contributed by atoms with Crippen molar-refractivity contribution >= 4 is 43.1 Å². The standard InChI is InChI=1S/C56H54O7/c1-31-20-38-12-8-16-45(49(38)24-50(31)60-29-43-27-58-43)46-17-9-13-39-21-32(2)54(35(5)51(39)46)61-25-42(57)26-62-55-33(3)22-40-14-10-18-47(52(40)36(55)6)48-19-11-15-41-23-34(4)56(37(7)53(41)48)63-30-44-28-59-44/h8-24,42-44,57H,25-30H2,1-7H3. The smallest absolute Gasteiger partial charge is 0.125 e. The first-order valence-corrected chi connectivity index (χ1v) is 22.1. The van der Waals surface area contributed by atoms with Crippen LogP contribution in [0.1, 0.15) is 38.9 Å². The Morgan fingerprint density at radius 1 is 0.476 bits per heavy atom. The number of aliphatic hydroxyl groups is 1. The van der Waals surface area contributed by atoms with Gasteiger partial charge in [-0.2, -0.15) is 0 Å². The number of ether oxygens (including phenoxy) is 6. The summed E-state index contributed by atoms with van der Waals surface area (Å²) in [5.74, 6) is 3.35. The minimum atomic E-state index is -0.872. The Hall–Kier alpha value is -6.12. The van der Waals surface area contributed by atoms with E-state index in [2.05, 4.69) is 152 Å². The molecule has 8 aromatic carbocycles. The van der Waals surface area contributed by atoms with Gasteiger partial charge in [0.15, 0.2) is 0 Å². The van der Waals surface area contributed by atoms with E-state index in [1.807, 2.05) is 0 Å². The van der Waals surface area contributed by atoms with E-state index < -0.39 is 6.10 Å². The molecule has 63 heavy (non-hydrogen) atoms. The average molecular weight is 839 g/mol. The third-order valence-electron chi connectivity index (χ3n) is 12.9. The van der Waals surface area contributed by atoms with Crippen molar-refractivity contribution in [3.05, 3.63) is 142 Å². The molecule has 0 bridgehead atoms. The zero-order valence-electron chi connectivity index (χ0n) is 37.2. The lowest BCUT2D eigenvalue weighted by atomic mass is 9.88. The molecule has 2 aliphatic heterocycles. The Balaban J connectivity index is 0.922. The Morgan fingerprint density at radius 3 is 1.32 bits per heavy atom. The molecule has 0 spiro atoms. The SMILES string of the molecule is Cc1cc2cccc(-c3cccc4cc(C)c(OCC(O)COc5c(C)cc6cccc(-c7cccc8cc(C)c(OCC9CO9)c(C)c78)c6c5C)c(C)c34)c2cc1OCC1CO1. The van der Waals surface area contributed by atoms with E-state index >= 15 is 0 Å². The van der Waals surface area contributed by atoms with Crippen molar-refractivity contribution in [2.75, 3.05) is 39.6 Å². The van der Waals surface area contributed by atoms with Gasteiger partial charge in [-0.15, -0.1) is 0 Å². The summed E-state index contributed by atoms with van der Waals surface area (Å²) in [6.45, 7) is 17.5. The average Bonchev–Trinajstić information content (AvgIpc) is 4.21. The number of aryl methyl sites for hydroxylation is 7. The van der Waals surface area contributed by atoms with E-state index in [9.17, 15) is 5.11 Å². The van der Waals surface area contributed by atoms with Crippen LogP contribution in [0.5, 0.6) is 23.0 Å². The Bertz CT molecular complexity index is 3090. The maximum Gasteiger partial charge on any atom is 0.125 e. The summed E-state index contributed by atoms with van der Waals surface area (Å²) in [6.07, 6.45) is -0.512. The molecule has 2 heterocycles. The van der Waals surface area contributed by atoms with Gasteiger partial charge in [-0.1, -0.05) is 72.8 Å². The molecular formula is C56H54O7. The molecule has 3 atom stereocenters. The largest absolute Gasteiger partial charge is 0.490 e. The number of hydrogen-bond acceptors (Lipinski definition) is 7. The summed E-state index contributed by atoms with van der Waals surface area (Å²) >= 11 is 0. The van der Waals surface area contributed by atoms with Crippen molar-refractivity contribution in [1.82, 2.24) is 0 Å². The Labute approximate surface area is 369 Å². The van der Waals surface area contributed by atoms with Crippen LogP contribution in [-0.2, 0) is 9.47 Å². The maximum atomic E-state index is 11.5. The molecule has 2 saturated heterocycles. The second-order valence-electron chi connectivity index (χ2n) is 17.6. The number of fused-ring (bicyclic) bond motifs is 4. The third-order valence-corrected chi connectivity index (χ3v) is 12.9. The van der Waals surface area contributed by atoms with E-state index in [0.29, 0.717) is 13.2 Å². The fraction of sp³-hybridized carbons (Fsp3) is 0.286. The predicted octanol–water partition coefficient (Wildman–Crippen LogP) is 12.2. The molecule has 7 nitrogen and oxygen atoms in total. The van der Waals surface area contributed by atoms with Crippen LogP contribution in [0, 0.1) is 48.5 Å². The van der Waals surface area contributed by atoms with Gasteiger partial charge >= 0.3 is 0 Å². The first kappa shape index (κ1) is 40.9. The zero-order valence-corrected chi connectivity index (χ0v) is 37.2. The molecule has 0 aliphatic carbocycles. The van der Waals surface area contributed by atoms with Crippen LogP contribution in [0.2, 0.25) is 0 Å². The second kappa shape index (κ2) is 16.5. The van der Waals surface area contributed by atoms with Gasteiger partial charge in [-0.25, -0.2) is 0 Å². The highest BCUT2D eigenvalue weighted by molar-refractivity contribution is 6.10. The third kappa shape index (κ3) is 7.84. The van der Waals surface area contributed by atoms with Gasteiger partial charge in [0.25, 0.3) is 0 Å². The molecule has 10 rings (SSSR count). The highest BCUT2D eigenvalue weighted by atomic mass is 16.6.